The molecule has 0 saturated carbocycles. The summed E-state index contributed by atoms with van der Waals surface area (Å²) in [6, 6.07) is 21.6. The molecule has 1 amide bonds. The number of sulfonamides is 1. The average molecular weight is 418 g/mol. The van der Waals surface area contributed by atoms with E-state index < -0.39 is 10.0 Å². The number of amides is 1. The zero-order chi connectivity index (χ0) is 21.0. The van der Waals surface area contributed by atoms with Gasteiger partial charge in [0.15, 0.2) is 0 Å². The first kappa shape index (κ1) is 19.4. The summed E-state index contributed by atoms with van der Waals surface area (Å²) >= 11 is 0. The molecule has 3 aromatic carbocycles. The fourth-order valence-corrected chi connectivity index (χ4v) is 3.90. The van der Waals surface area contributed by atoms with Crippen molar-refractivity contribution in [3.05, 3.63) is 96.8 Å². The van der Waals surface area contributed by atoms with Crippen LogP contribution in [-0.2, 0) is 10.0 Å². The number of nitrogens with zero attached hydrogens (tertiary/aromatic N) is 1. The third-order valence-electron chi connectivity index (χ3n) is 4.37. The van der Waals surface area contributed by atoms with Gasteiger partial charge in [0.05, 0.1) is 4.90 Å². The molecule has 0 aliphatic heterocycles. The summed E-state index contributed by atoms with van der Waals surface area (Å²) in [6.45, 7) is 0. The summed E-state index contributed by atoms with van der Waals surface area (Å²) in [4.78, 5) is 19.8. The Morgan fingerprint density at radius 2 is 1.53 bits per heavy atom. The smallest absolute Gasteiger partial charge is 0.261 e. The third-order valence-corrected chi connectivity index (χ3v) is 5.76. The zero-order valence-corrected chi connectivity index (χ0v) is 16.6. The largest absolute Gasteiger partial charge is 0.345 e. The predicted molar refractivity (Wildman–Crippen MR) is 116 cm³/mol. The van der Waals surface area contributed by atoms with Crippen molar-refractivity contribution in [3.8, 4) is 11.4 Å². The minimum Gasteiger partial charge on any atom is -0.345 e. The van der Waals surface area contributed by atoms with Crippen LogP contribution in [-0.4, -0.2) is 24.3 Å². The Morgan fingerprint density at radius 3 is 2.17 bits per heavy atom. The first-order chi connectivity index (χ1) is 14.5. The van der Waals surface area contributed by atoms with Gasteiger partial charge in [0.2, 0.25) is 0 Å². The van der Waals surface area contributed by atoms with Crippen molar-refractivity contribution < 1.29 is 13.2 Å². The first-order valence-electron chi connectivity index (χ1n) is 9.10. The maximum absolute atomic E-state index is 12.5. The van der Waals surface area contributed by atoms with E-state index in [2.05, 4.69) is 20.0 Å². The summed E-state index contributed by atoms with van der Waals surface area (Å²) in [5.74, 6) is 0.412. The quantitative estimate of drug-likeness (QED) is 0.438. The van der Waals surface area contributed by atoms with Crippen LogP contribution in [0.25, 0.3) is 11.4 Å². The van der Waals surface area contributed by atoms with Gasteiger partial charge in [0, 0.05) is 34.9 Å². The van der Waals surface area contributed by atoms with Crippen molar-refractivity contribution in [1.29, 1.82) is 0 Å². The van der Waals surface area contributed by atoms with Crippen LogP contribution in [0.4, 0.5) is 11.4 Å². The van der Waals surface area contributed by atoms with Gasteiger partial charge in [0.1, 0.15) is 5.82 Å². The van der Waals surface area contributed by atoms with Gasteiger partial charge in [-0.15, -0.1) is 0 Å². The van der Waals surface area contributed by atoms with Gasteiger partial charge < -0.3 is 10.3 Å². The summed E-state index contributed by atoms with van der Waals surface area (Å²) < 4.78 is 27.5. The molecule has 30 heavy (non-hydrogen) atoms. The van der Waals surface area contributed by atoms with E-state index in [-0.39, 0.29) is 10.8 Å². The van der Waals surface area contributed by atoms with E-state index in [4.69, 9.17) is 0 Å². The summed E-state index contributed by atoms with van der Waals surface area (Å²) in [5.41, 5.74) is 2.34. The molecule has 0 saturated heterocycles. The number of benzene rings is 3. The number of rotatable bonds is 6. The number of H-pyrrole nitrogens is 1. The Balaban J connectivity index is 1.44. The Morgan fingerprint density at radius 1 is 0.833 bits per heavy atom. The third kappa shape index (κ3) is 4.39. The summed E-state index contributed by atoms with van der Waals surface area (Å²) in [6.07, 6.45) is 3.41. The van der Waals surface area contributed by atoms with Crippen LogP contribution in [0, 0.1) is 0 Å². The number of para-hydroxylation sites is 1. The highest BCUT2D eigenvalue weighted by Gasteiger charge is 2.15. The topological polar surface area (TPSA) is 104 Å². The Bertz CT molecular complexity index is 1240. The molecule has 0 radical (unpaired) electrons. The summed E-state index contributed by atoms with van der Waals surface area (Å²) in [7, 11) is -3.73. The molecule has 8 heteroatoms. The number of hydrogen-bond acceptors (Lipinski definition) is 4. The molecule has 0 aliphatic rings. The van der Waals surface area contributed by atoms with Crippen molar-refractivity contribution in [3.63, 3.8) is 0 Å². The Hall–Kier alpha value is -3.91. The van der Waals surface area contributed by atoms with E-state index in [0.717, 1.165) is 11.4 Å². The number of aromatic nitrogens is 2. The zero-order valence-electron chi connectivity index (χ0n) is 15.7. The molecule has 1 aromatic heterocycles. The molecular weight excluding hydrogens is 400 g/mol. The van der Waals surface area contributed by atoms with Crippen LogP contribution in [0.5, 0.6) is 0 Å². The van der Waals surface area contributed by atoms with Gasteiger partial charge in [-0.25, -0.2) is 13.4 Å². The van der Waals surface area contributed by atoms with Gasteiger partial charge in [-0.2, -0.15) is 0 Å². The second-order valence-corrected chi connectivity index (χ2v) is 8.15. The lowest BCUT2D eigenvalue weighted by molar-refractivity contribution is 0.102. The maximum Gasteiger partial charge on any atom is 0.261 e. The number of nitrogens with one attached hydrogen (secondary N) is 3. The lowest BCUT2D eigenvalue weighted by atomic mass is 10.1. The minimum atomic E-state index is -3.73. The minimum absolute atomic E-state index is 0.0747. The summed E-state index contributed by atoms with van der Waals surface area (Å²) in [5, 5.41) is 2.79. The highest BCUT2D eigenvalue weighted by molar-refractivity contribution is 7.92. The second-order valence-electron chi connectivity index (χ2n) is 6.47. The molecule has 3 N–H and O–H groups in total. The van der Waals surface area contributed by atoms with Gasteiger partial charge in [-0.1, -0.05) is 18.2 Å². The molecule has 4 aromatic rings. The van der Waals surface area contributed by atoms with Crippen LogP contribution < -0.4 is 10.0 Å². The van der Waals surface area contributed by atoms with Crippen LogP contribution >= 0.6 is 0 Å². The van der Waals surface area contributed by atoms with Crippen molar-refractivity contribution in [2.75, 3.05) is 10.0 Å². The monoisotopic (exact) mass is 418 g/mol. The maximum atomic E-state index is 12.5. The molecular formula is C22H18N4O3S. The molecule has 0 spiro atoms. The molecule has 4 rings (SSSR count). The van der Waals surface area contributed by atoms with E-state index in [1.165, 1.54) is 24.3 Å². The van der Waals surface area contributed by atoms with Crippen molar-refractivity contribution >= 4 is 27.3 Å². The standard InChI is InChI=1S/C22H18N4O3S/c27-22(25-18-10-6-16(7-11-18)21-23-14-15-24-21)17-8-12-20(13-9-17)30(28,29)26-19-4-2-1-3-5-19/h1-15,26H,(H,23,24)(H,25,27). The van der Waals surface area contributed by atoms with Crippen LogP contribution in [0.3, 0.4) is 0 Å². The van der Waals surface area contributed by atoms with E-state index in [1.54, 1.807) is 54.9 Å². The molecule has 0 unspecified atom stereocenters. The Labute approximate surface area is 173 Å². The van der Waals surface area contributed by atoms with Crippen molar-refractivity contribution in [2.45, 2.75) is 4.90 Å². The van der Waals surface area contributed by atoms with Crippen LogP contribution in [0.2, 0.25) is 0 Å². The molecule has 0 fully saturated rings. The van der Waals surface area contributed by atoms with E-state index in [0.29, 0.717) is 16.9 Å². The SMILES string of the molecule is O=C(Nc1ccc(-c2ncc[nH]2)cc1)c1ccc(S(=O)(=O)Nc2ccccc2)cc1. The fourth-order valence-electron chi connectivity index (χ4n) is 2.84. The highest BCUT2D eigenvalue weighted by Crippen LogP contribution is 2.19. The lowest BCUT2D eigenvalue weighted by Crippen LogP contribution is -2.14. The number of anilines is 2. The van der Waals surface area contributed by atoms with Crippen molar-refractivity contribution in [2.24, 2.45) is 0 Å². The lowest BCUT2D eigenvalue weighted by Gasteiger charge is -2.09. The van der Waals surface area contributed by atoms with Gasteiger partial charge >= 0.3 is 0 Å². The molecule has 150 valence electrons. The molecule has 0 atom stereocenters. The van der Waals surface area contributed by atoms with Gasteiger partial charge in [-0.05, 0) is 60.7 Å². The number of hydrogen-bond donors (Lipinski definition) is 3. The molecule has 0 bridgehead atoms. The molecule has 0 aliphatic carbocycles. The van der Waals surface area contributed by atoms with E-state index >= 15 is 0 Å². The van der Waals surface area contributed by atoms with Crippen molar-refractivity contribution in [1.82, 2.24) is 9.97 Å². The number of carbonyl (C=O) groups excluding carboxylic acids is 1. The van der Waals surface area contributed by atoms with Crippen LogP contribution in [0.15, 0.2) is 96.2 Å². The highest BCUT2D eigenvalue weighted by atomic mass is 32.2. The average Bonchev–Trinajstić information content (AvgIpc) is 3.30. The number of aromatic amines is 1. The number of imidazole rings is 1. The fraction of sp³-hybridized carbons (Fsp3) is 0. The Kier molecular flexibility index (Phi) is 5.32. The normalized spacial score (nSPS) is 11.1. The second kappa shape index (κ2) is 8.22. The van der Waals surface area contributed by atoms with E-state index in [1.807, 2.05) is 12.1 Å². The predicted octanol–water partition coefficient (Wildman–Crippen LogP) is 4.13. The van der Waals surface area contributed by atoms with E-state index in [9.17, 15) is 13.2 Å². The van der Waals surface area contributed by atoms with Crippen LogP contribution in [0.1, 0.15) is 10.4 Å². The molecule has 7 nitrogen and oxygen atoms in total. The number of carbonyl (C=O) groups is 1. The van der Waals surface area contributed by atoms with Gasteiger partial charge in [-0.3, -0.25) is 9.52 Å². The first-order valence-corrected chi connectivity index (χ1v) is 10.6. The van der Waals surface area contributed by atoms with Gasteiger partial charge in [0.25, 0.3) is 15.9 Å². The molecule has 1 heterocycles.